The number of para-hydroxylation sites is 2. The van der Waals surface area contributed by atoms with Gasteiger partial charge in [-0.1, -0.05) is 89.0 Å². The SMILES string of the molecule is C=C1CC2CC(=O)C[C@H](C1)C2.CC.CC(=O)O.CC1CC2CC(=NO)C[C@H](C1)C2.CC1CC2CC(=O)C[C@H](C1)C2.CC1CC2CC(N)C[C@H](C1)C2.CC1C[C@@H]2CC(N3[C@@H]4CCC[C@H]3CC(n3c(=O)c(Cl)nc5ccccc53)C4)C[C@H](C1)C2.Cl.NO.OC12CC3CC(C1)CC(O)(C3)C2.[W].[W].[W].[W].[W].[W].[W].[W].[W].[W].[W].[W].[W].[W].[W].[W].[W].[W].[W].[W].[W]. The zero-order valence-corrected chi connectivity index (χ0v) is 132. The van der Waals surface area contributed by atoms with Crippen molar-refractivity contribution in [1.82, 2.24) is 14.5 Å². The normalized spacial score (nSPS) is 33.6. The number of aliphatic hydroxyl groups is 2. The third-order valence-corrected chi connectivity index (χ3v) is 25.9. The Morgan fingerprint density at radius 1 is 0.458 bits per heavy atom. The Balaban J connectivity index is -0.0000000909. The molecule has 16 aliphatic rings. The number of hydrogen-bond acceptors (Lipinski definition) is 13. The van der Waals surface area contributed by atoms with Crippen molar-refractivity contribution in [2.24, 2.45) is 111 Å². The molecule has 1 aromatic heterocycles. The van der Waals surface area contributed by atoms with E-state index in [2.05, 4.69) is 55.2 Å². The van der Waals surface area contributed by atoms with Crippen LogP contribution >= 0.6 is 24.0 Å². The van der Waals surface area contributed by atoms with E-state index in [1.807, 2.05) is 42.7 Å². The summed E-state index contributed by atoms with van der Waals surface area (Å²) in [6.07, 6.45) is 43.0. The Hall–Kier alpha value is 11.2. The molecule has 38 heteroatoms. The van der Waals surface area contributed by atoms with E-state index < -0.39 is 17.2 Å². The number of hydrogen-bond donors (Lipinski definition) is 7. The van der Waals surface area contributed by atoms with Crippen molar-refractivity contribution in [3.63, 3.8) is 0 Å². The summed E-state index contributed by atoms with van der Waals surface area (Å²) in [6, 6.07) is 10.7. The van der Waals surface area contributed by atoms with Crippen LogP contribution in [0, 0.1) is 94.7 Å². The molecule has 9 N–H and O–H groups in total. The molecule has 2 aromatic rings. The van der Waals surface area contributed by atoms with Crippen LogP contribution < -0.4 is 17.2 Å². The molecule has 0 spiro atoms. The summed E-state index contributed by atoms with van der Waals surface area (Å²) in [6.45, 7) is 18.6. The molecule has 18 rings (SSSR count). The minimum absolute atomic E-state index is 0. The molecule has 16 fully saturated rings. The van der Waals surface area contributed by atoms with Crippen molar-refractivity contribution >= 4 is 58.3 Å². The van der Waals surface area contributed by atoms with Crippen LogP contribution in [0.15, 0.2) is 46.4 Å². The number of fused-ring (bicyclic) bond motifs is 13. The summed E-state index contributed by atoms with van der Waals surface area (Å²) in [5.41, 5.74) is 9.07. The molecule has 11 unspecified atom stereocenters. The van der Waals surface area contributed by atoms with Crippen LogP contribution in [0.5, 0.6) is 0 Å². The summed E-state index contributed by atoms with van der Waals surface area (Å²) in [5, 5.41) is 46.3. The number of piperidine rings is 2. The van der Waals surface area contributed by atoms with Gasteiger partial charge in [-0.3, -0.25) is 24.1 Å². The summed E-state index contributed by atoms with van der Waals surface area (Å²) in [7, 11) is 0. The number of carboxylic acid groups (broad SMARTS) is 1. The molecule has 0 amide bonds. The number of carboxylic acids is 1. The Morgan fingerprint density at radius 3 is 1.12 bits per heavy atom. The van der Waals surface area contributed by atoms with Gasteiger partial charge in [0.1, 0.15) is 11.6 Å². The Bertz CT molecular complexity index is 2880. The third kappa shape index (κ3) is 50.5. The quantitative estimate of drug-likeness (QED) is 0.0840. The molecular formula is C80H130Cl2N6O9W21. The van der Waals surface area contributed by atoms with E-state index >= 15 is 0 Å². The molecule has 118 heavy (non-hydrogen) atoms. The zero-order chi connectivity index (χ0) is 69.2. The van der Waals surface area contributed by atoms with Gasteiger partial charge in [0.2, 0.25) is 0 Å². The fraction of sp³-hybridized carbons (Fsp3) is 0.825. The van der Waals surface area contributed by atoms with Gasteiger partial charge in [-0.2, -0.15) is 0 Å². The zero-order valence-electron chi connectivity index (χ0n) is 69.3. The van der Waals surface area contributed by atoms with Crippen LogP contribution in [0.3, 0.4) is 0 Å². The Kier molecular flexibility index (Phi) is 108. The Morgan fingerprint density at radius 2 is 0.763 bits per heavy atom. The summed E-state index contributed by atoms with van der Waals surface area (Å²) in [4.78, 5) is 51.7. The van der Waals surface area contributed by atoms with Gasteiger partial charge in [-0.15, -0.1) is 12.4 Å². The van der Waals surface area contributed by atoms with Gasteiger partial charge < -0.3 is 36.0 Å². The van der Waals surface area contributed by atoms with Crippen molar-refractivity contribution in [3.05, 3.63) is 51.9 Å². The summed E-state index contributed by atoms with van der Waals surface area (Å²) in [5.74, 6) is 16.9. The molecule has 14 aliphatic carbocycles. The minimum atomic E-state index is -0.833. The smallest absolute Gasteiger partial charge is 0.300 e. The molecule has 19 atom stereocenters. The van der Waals surface area contributed by atoms with E-state index in [4.69, 9.17) is 37.7 Å². The first kappa shape index (κ1) is 160. The molecule has 0 radical (unpaired) electrons. The number of aliphatic carboxylic acids is 1. The van der Waals surface area contributed by atoms with Crippen molar-refractivity contribution in [2.75, 3.05) is 0 Å². The second kappa shape index (κ2) is 79.8. The molecule has 2 saturated heterocycles. The monoisotopic (exact) mass is 5250 g/mol. The van der Waals surface area contributed by atoms with Gasteiger partial charge in [-0.05, 0) is 299 Å². The maximum Gasteiger partial charge on any atom is 0.300 e. The van der Waals surface area contributed by atoms with E-state index in [0.717, 1.165) is 191 Å². The molecule has 674 valence electrons. The van der Waals surface area contributed by atoms with Gasteiger partial charge in [0.05, 0.1) is 27.9 Å². The van der Waals surface area contributed by atoms with E-state index in [1.54, 1.807) is 0 Å². The Labute approximate surface area is 1020 Å². The number of carbonyl (C=O) groups excluding carboxylic acids is 2. The van der Waals surface area contributed by atoms with Crippen molar-refractivity contribution in [2.45, 2.75) is 321 Å². The number of nitrogens with zero attached hydrogens (tertiary/aromatic N) is 4. The standard InChI is InChI=1S/C26H34ClN3O.C10H17NO.C10H19N.C10H16O2.C10H16O.C10H14O.C2H4O2.C2H6.ClH.H3NO.21W/c1-16-9-17-11-18(10-16)13-21(12-17)29-19-5-4-6-20(29)15-22(14-19)30-24-8-3-2-7-23(24)28-25(27)26(30)31;1-7-2-8-4-9(3-7)6-10(5-8)11-12;1-7-2-8-4-9(3-7)6-10(11)5-8;11-9-2-7-1-8(4-9)5-10(12,3-7)6-9;2*1-7-2-8-4-9(3-7)6-10(11)5-8;1-2(3)4;1-2;;1-2;;;;;;;;;;;;;;;;;;;;;/h2-3,7-8,16-22H,4-6,9-15H2,1H3;7-9,12H,2-6H2,1H3;7-10H,2-6,11H2,1H3;7-8,11-12H,1-6H2;7-9H,2-6H2,1H3;8-9H,1-6H2;1H3,(H,3,4);1-2H3;1H;2H,1H2;;;;;;;;;;;;;;;;;;;;;/t16?,17-,18+,19-,20+,21?,22?;7?,8-,9?;7?,8-,9?,10?;;7?,8-,9?;8-,9?;;;;;;;;;;;;;;;;;;;;;;;;;/m.11.11........................./s1. The molecule has 2 aliphatic heterocycles. The molecular weight excluding hydrogens is 5120 g/mol. The van der Waals surface area contributed by atoms with E-state index in [9.17, 15) is 24.6 Å². The van der Waals surface area contributed by atoms with Crippen molar-refractivity contribution in [3.8, 4) is 0 Å². The number of oxime groups is 1. The predicted octanol–water partition coefficient (Wildman–Crippen LogP) is 17.3. The van der Waals surface area contributed by atoms with Gasteiger partial charge in [0.15, 0.2) is 5.15 Å². The molecule has 1 aromatic carbocycles. The van der Waals surface area contributed by atoms with E-state index in [-0.39, 0.29) is 472 Å². The van der Waals surface area contributed by atoms with Gasteiger partial charge in [-0.25, -0.2) is 10.9 Å². The molecule has 14 saturated carbocycles. The minimum Gasteiger partial charge on any atom is -0.481 e. The average molecular weight is 5250 g/mol. The van der Waals surface area contributed by atoms with Crippen LogP contribution in [-0.2, 0) is 457 Å². The van der Waals surface area contributed by atoms with Crippen LogP contribution in [0.4, 0.5) is 0 Å². The summed E-state index contributed by atoms with van der Waals surface area (Å²) >= 11 is 6.29. The van der Waals surface area contributed by atoms with Crippen LogP contribution in [0.2, 0.25) is 5.15 Å². The van der Waals surface area contributed by atoms with Crippen molar-refractivity contribution in [1.29, 1.82) is 0 Å². The number of ketones is 2. The molecule has 16 bridgehead atoms. The second-order valence-corrected chi connectivity index (χ2v) is 35.3. The largest absolute Gasteiger partial charge is 0.481 e. The fourth-order valence-corrected chi connectivity index (χ4v) is 24.3. The second-order valence-electron chi connectivity index (χ2n) is 34.9. The number of Topliss-reactive ketones (excluding diaryl/α,β-unsaturated/α-hetero) is 2. The van der Waals surface area contributed by atoms with Crippen molar-refractivity contribution < 1.29 is 482 Å². The number of rotatable bonds is 2. The topological polar surface area (TPSA) is 255 Å². The molecule has 15 nitrogen and oxygen atoms in total. The first-order valence-corrected chi connectivity index (χ1v) is 39.2. The fourth-order valence-electron chi connectivity index (χ4n) is 24.1. The van der Waals surface area contributed by atoms with Gasteiger partial charge in [0, 0.05) is 512 Å². The maximum absolute atomic E-state index is 13.1. The van der Waals surface area contributed by atoms with Crippen LogP contribution in [0.1, 0.15) is 286 Å². The number of nitrogens with two attached hydrogens (primary N) is 2. The number of allylic oxidation sites excluding steroid dienone is 1. The number of halogens is 2. The third-order valence-electron chi connectivity index (χ3n) is 25.7. The van der Waals surface area contributed by atoms with Gasteiger partial charge >= 0.3 is 0 Å². The number of aromatic nitrogens is 2. The maximum atomic E-state index is 13.1. The predicted molar refractivity (Wildman–Crippen MR) is 392 cm³/mol. The van der Waals surface area contributed by atoms with E-state index in [1.165, 1.54) is 140 Å². The van der Waals surface area contributed by atoms with Gasteiger partial charge in [0.25, 0.3) is 11.5 Å². The first-order chi connectivity index (χ1) is 45.9. The number of carbonyl (C=O) groups is 3. The molecule has 3 heterocycles. The average Bonchev–Trinajstić information content (AvgIpc) is 0.756. The summed E-state index contributed by atoms with van der Waals surface area (Å²) < 4.78 is 1.99. The number of benzene rings is 1. The van der Waals surface area contributed by atoms with Crippen LogP contribution in [-0.4, -0.2) is 98.8 Å². The first-order valence-electron chi connectivity index (χ1n) is 38.9. The van der Waals surface area contributed by atoms with E-state index in [0.29, 0.717) is 59.8 Å². The van der Waals surface area contributed by atoms with Crippen LogP contribution in [0.25, 0.3) is 11.0 Å².